The number of hydrogen-bond donors (Lipinski definition) is 3. The first kappa shape index (κ1) is 17.2. The number of amides is 1. The van der Waals surface area contributed by atoms with Gasteiger partial charge in [0.2, 0.25) is 5.91 Å². The number of carbonyl (C=O) groups is 4. The fourth-order valence-electron chi connectivity index (χ4n) is 1.14. The zero-order chi connectivity index (χ0) is 15.0. The van der Waals surface area contributed by atoms with Gasteiger partial charge in [0.25, 0.3) is 0 Å². The third-order valence-electron chi connectivity index (χ3n) is 1.96. The van der Waals surface area contributed by atoms with E-state index < -0.39 is 41.5 Å². The number of carbonyl (C=O) groups excluding carboxylic acids is 2. The molecule has 0 spiro atoms. The number of esters is 1. The maximum atomic E-state index is 11.3. The van der Waals surface area contributed by atoms with E-state index >= 15 is 0 Å². The second-order valence-corrected chi connectivity index (χ2v) is 4.77. The molecule has 0 radical (unpaired) electrons. The fourth-order valence-corrected chi connectivity index (χ4v) is 2.19. The van der Waals surface area contributed by atoms with Crippen molar-refractivity contribution in [2.45, 2.75) is 24.6 Å². The van der Waals surface area contributed by atoms with Gasteiger partial charge in [-0.25, -0.2) is 4.79 Å². The summed E-state index contributed by atoms with van der Waals surface area (Å²) in [6, 6.07) is -1.01. The van der Waals surface area contributed by atoms with E-state index in [1.807, 2.05) is 0 Å². The van der Waals surface area contributed by atoms with E-state index in [0.717, 1.165) is 18.9 Å². The molecule has 0 bridgehead atoms. The molecule has 2 atom stereocenters. The molecular formula is C10H15NO7S. The van der Waals surface area contributed by atoms with Gasteiger partial charge in [-0.05, 0) is 0 Å². The molecule has 0 saturated heterocycles. The minimum Gasteiger partial charge on any atom is -0.481 e. The Balaban J connectivity index is 4.57. The second-order valence-electron chi connectivity index (χ2n) is 3.53. The van der Waals surface area contributed by atoms with Gasteiger partial charge < -0.3 is 20.3 Å². The van der Waals surface area contributed by atoms with Crippen molar-refractivity contribution < 1.29 is 34.1 Å². The predicted octanol–water partition coefficient (Wildman–Crippen LogP) is -0.675. The maximum Gasteiger partial charge on any atom is 0.329 e. The van der Waals surface area contributed by atoms with Crippen molar-refractivity contribution in [1.82, 2.24) is 5.32 Å². The monoisotopic (exact) mass is 293 g/mol. The summed E-state index contributed by atoms with van der Waals surface area (Å²) in [5.74, 6) is -3.83. The van der Waals surface area contributed by atoms with Gasteiger partial charge in [-0.15, -0.1) is 11.8 Å². The summed E-state index contributed by atoms with van der Waals surface area (Å²) in [6.07, 6.45) is -0.575. The molecule has 0 aliphatic carbocycles. The van der Waals surface area contributed by atoms with Gasteiger partial charge in [0.1, 0.15) is 11.3 Å². The van der Waals surface area contributed by atoms with E-state index in [0.29, 0.717) is 0 Å². The van der Waals surface area contributed by atoms with Crippen LogP contribution in [0.1, 0.15) is 13.3 Å². The fraction of sp³-hybridized carbons (Fsp3) is 0.600. The van der Waals surface area contributed by atoms with Crippen LogP contribution < -0.4 is 5.32 Å². The zero-order valence-corrected chi connectivity index (χ0v) is 11.2. The number of methoxy groups -OCH3 is 1. The average molecular weight is 293 g/mol. The quantitative estimate of drug-likeness (QED) is 0.502. The standard InChI is InChI=1S/C10H15NO7S/c1-5(12)11-6(10(17)18-2)4-19-7(9(15)16)3-8(13)14/h6-7H,3-4H2,1-2H3,(H,11,12)(H,13,14)(H,15,16)/t6-,7?/m0/s1. The molecule has 3 N–H and O–H groups in total. The lowest BCUT2D eigenvalue weighted by Crippen LogP contribution is -2.43. The Morgan fingerprint density at radius 1 is 1.26 bits per heavy atom. The van der Waals surface area contributed by atoms with Gasteiger partial charge in [0, 0.05) is 12.7 Å². The Labute approximate surface area is 113 Å². The first-order valence-corrected chi connectivity index (χ1v) is 6.24. The second kappa shape index (κ2) is 8.35. The van der Waals surface area contributed by atoms with Crippen LogP contribution in [0.25, 0.3) is 0 Å². The zero-order valence-electron chi connectivity index (χ0n) is 10.4. The Kier molecular flexibility index (Phi) is 7.57. The molecule has 108 valence electrons. The first-order valence-electron chi connectivity index (χ1n) is 5.19. The molecule has 1 unspecified atom stereocenters. The first-order chi connectivity index (χ1) is 8.77. The van der Waals surface area contributed by atoms with Gasteiger partial charge in [0.15, 0.2) is 0 Å². The Morgan fingerprint density at radius 3 is 2.21 bits per heavy atom. The van der Waals surface area contributed by atoms with Crippen molar-refractivity contribution in [3.05, 3.63) is 0 Å². The van der Waals surface area contributed by atoms with Crippen molar-refractivity contribution in [2.75, 3.05) is 12.9 Å². The van der Waals surface area contributed by atoms with E-state index in [4.69, 9.17) is 10.2 Å². The molecule has 9 heteroatoms. The molecule has 8 nitrogen and oxygen atoms in total. The van der Waals surface area contributed by atoms with E-state index in [2.05, 4.69) is 10.1 Å². The van der Waals surface area contributed by atoms with E-state index in [1.165, 1.54) is 6.92 Å². The van der Waals surface area contributed by atoms with Crippen molar-refractivity contribution in [2.24, 2.45) is 0 Å². The molecule has 0 rings (SSSR count). The minimum absolute atomic E-state index is 0.0868. The molecule has 0 aliphatic heterocycles. The molecule has 0 aliphatic rings. The number of aliphatic carboxylic acids is 2. The van der Waals surface area contributed by atoms with E-state index in [9.17, 15) is 19.2 Å². The highest BCUT2D eigenvalue weighted by molar-refractivity contribution is 8.00. The molecule has 1 amide bonds. The predicted molar refractivity (Wildman–Crippen MR) is 65.8 cm³/mol. The van der Waals surface area contributed by atoms with Gasteiger partial charge in [-0.1, -0.05) is 0 Å². The van der Waals surface area contributed by atoms with Crippen molar-refractivity contribution >= 4 is 35.6 Å². The number of thioether (sulfide) groups is 1. The molecule has 0 aromatic rings. The number of rotatable bonds is 8. The van der Waals surface area contributed by atoms with Crippen LogP contribution in [0.4, 0.5) is 0 Å². The van der Waals surface area contributed by atoms with Crippen LogP contribution in [0, 0.1) is 0 Å². The number of carboxylic acid groups (broad SMARTS) is 2. The van der Waals surface area contributed by atoms with Crippen LogP contribution >= 0.6 is 11.8 Å². The van der Waals surface area contributed by atoms with Crippen LogP contribution in [0.2, 0.25) is 0 Å². The molecule has 19 heavy (non-hydrogen) atoms. The lowest BCUT2D eigenvalue weighted by atomic mass is 10.3. The Bertz CT molecular complexity index is 371. The third-order valence-corrected chi connectivity index (χ3v) is 3.26. The average Bonchev–Trinajstić information content (AvgIpc) is 2.30. The smallest absolute Gasteiger partial charge is 0.329 e. The maximum absolute atomic E-state index is 11.3. The summed E-state index contributed by atoms with van der Waals surface area (Å²) in [6.45, 7) is 1.20. The topological polar surface area (TPSA) is 130 Å². The van der Waals surface area contributed by atoms with Crippen LogP contribution in [0.3, 0.4) is 0 Å². The van der Waals surface area contributed by atoms with Gasteiger partial charge in [-0.3, -0.25) is 14.4 Å². The summed E-state index contributed by atoms with van der Waals surface area (Å²) in [5.41, 5.74) is 0. The Hall–Kier alpha value is -1.77. The molecule has 0 fully saturated rings. The largest absolute Gasteiger partial charge is 0.481 e. The normalized spacial score (nSPS) is 13.2. The lowest BCUT2D eigenvalue weighted by Gasteiger charge is -2.17. The number of carboxylic acids is 2. The highest BCUT2D eigenvalue weighted by Gasteiger charge is 2.26. The van der Waals surface area contributed by atoms with Gasteiger partial charge in [-0.2, -0.15) is 0 Å². The van der Waals surface area contributed by atoms with Crippen LogP contribution in [-0.4, -0.2) is 58.2 Å². The number of nitrogens with one attached hydrogen (secondary N) is 1. The van der Waals surface area contributed by atoms with Crippen molar-refractivity contribution in [1.29, 1.82) is 0 Å². The summed E-state index contributed by atoms with van der Waals surface area (Å²) in [7, 11) is 1.13. The van der Waals surface area contributed by atoms with Crippen molar-refractivity contribution in [3.8, 4) is 0 Å². The van der Waals surface area contributed by atoms with Crippen LogP contribution in [0.15, 0.2) is 0 Å². The number of ether oxygens (including phenoxy) is 1. The summed E-state index contributed by atoms with van der Waals surface area (Å²) >= 11 is 0.756. The molecule has 0 aromatic carbocycles. The summed E-state index contributed by atoms with van der Waals surface area (Å²) in [5, 5.41) is 18.5. The van der Waals surface area contributed by atoms with Gasteiger partial charge in [0.05, 0.1) is 13.5 Å². The lowest BCUT2D eigenvalue weighted by molar-refractivity contribution is -0.144. The van der Waals surface area contributed by atoms with Crippen LogP contribution in [-0.2, 0) is 23.9 Å². The summed E-state index contributed by atoms with van der Waals surface area (Å²) < 4.78 is 4.46. The van der Waals surface area contributed by atoms with Gasteiger partial charge >= 0.3 is 17.9 Å². The van der Waals surface area contributed by atoms with E-state index in [-0.39, 0.29) is 5.75 Å². The highest BCUT2D eigenvalue weighted by atomic mass is 32.2. The third kappa shape index (κ3) is 7.29. The molecule has 0 aromatic heterocycles. The Morgan fingerprint density at radius 2 is 1.84 bits per heavy atom. The molecule has 0 saturated carbocycles. The SMILES string of the molecule is COC(=O)[C@H](CSC(CC(=O)O)C(=O)O)NC(C)=O. The highest BCUT2D eigenvalue weighted by Crippen LogP contribution is 2.17. The number of hydrogen-bond acceptors (Lipinski definition) is 6. The summed E-state index contributed by atoms with van der Waals surface area (Å²) in [4.78, 5) is 43.5. The van der Waals surface area contributed by atoms with Crippen molar-refractivity contribution in [3.63, 3.8) is 0 Å². The minimum atomic E-state index is -1.29. The van der Waals surface area contributed by atoms with E-state index in [1.54, 1.807) is 0 Å². The van der Waals surface area contributed by atoms with Crippen LogP contribution in [0.5, 0.6) is 0 Å². The molecule has 0 heterocycles. The molecular weight excluding hydrogens is 278 g/mol.